The van der Waals surface area contributed by atoms with Crippen molar-refractivity contribution in [2.75, 3.05) is 13.7 Å². The van der Waals surface area contributed by atoms with Crippen LogP contribution >= 0.6 is 0 Å². The molecule has 0 amide bonds. The molecular formula is C17H26FNO3. The Bertz CT molecular complexity index is 491. The lowest BCUT2D eigenvalue weighted by Crippen LogP contribution is -2.40. The molecule has 2 atom stereocenters. The maximum absolute atomic E-state index is 13.6. The van der Waals surface area contributed by atoms with E-state index < -0.39 is 12.0 Å². The Morgan fingerprint density at radius 2 is 2.05 bits per heavy atom. The Labute approximate surface area is 131 Å². The van der Waals surface area contributed by atoms with Crippen LogP contribution in [0.2, 0.25) is 0 Å². The molecule has 0 saturated carbocycles. The van der Waals surface area contributed by atoms with Crippen LogP contribution in [-0.2, 0) is 11.2 Å². The molecule has 0 heterocycles. The van der Waals surface area contributed by atoms with E-state index in [0.717, 1.165) is 5.56 Å². The fourth-order valence-corrected chi connectivity index (χ4v) is 2.40. The van der Waals surface area contributed by atoms with Crippen LogP contribution in [0.25, 0.3) is 0 Å². The summed E-state index contributed by atoms with van der Waals surface area (Å²) in [7, 11) is 1.44. The van der Waals surface area contributed by atoms with Crippen LogP contribution in [0, 0.1) is 17.7 Å². The van der Waals surface area contributed by atoms with Gasteiger partial charge in [0.1, 0.15) is 6.04 Å². The van der Waals surface area contributed by atoms with Gasteiger partial charge in [-0.3, -0.25) is 4.79 Å². The third-order valence-corrected chi connectivity index (χ3v) is 3.52. The Hall–Kier alpha value is -1.62. The Morgan fingerprint density at radius 3 is 2.55 bits per heavy atom. The fourth-order valence-electron chi connectivity index (χ4n) is 2.40. The third kappa shape index (κ3) is 6.02. The number of hydrogen-bond acceptors (Lipinski definition) is 3. The van der Waals surface area contributed by atoms with E-state index in [2.05, 4.69) is 5.32 Å². The molecule has 2 N–H and O–H groups in total. The van der Waals surface area contributed by atoms with Crippen molar-refractivity contribution in [3.8, 4) is 5.75 Å². The van der Waals surface area contributed by atoms with Gasteiger partial charge in [0, 0.05) is 0 Å². The van der Waals surface area contributed by atoms with Crippen LogP contribution in [0.1, 0.15) is 32.8 Å². The van der Waals surface area contributed by atoms with Gasteiger partial charge in [0.25, 0.3) is 0 Å². The molecule has 5 heteroatoms. The lowest BCUT2D eigenvalue weighted by atomic mass is 9.99. The van der Waals surface area contributed by atoms with E-state index in [1.807, 2.05) is 26.8 Å². The van der Waals surface area contributed by atoms with Crippen molar-refractivity contribution in [3.63, 3.8) is 0 Å². The summed E-state index contributed by atoms with van der Waals surface area (Å²) in [5, 5.41) is 12.3. The van der Waals surface area contributed by atoms with Crippen LogP contribution in [0.4, 0.5) is 4.39 Å². The van der Waals surface area contributed by atoms with Gasteiger partial charge in [-0.15, -0.1) is 0 Å². The Kier molecular flexibility index (Phi) is 7.32. The summed E-state index contributed by atoms with van der Waals surface area (Å²) in [5.74, 6) is -0.432. The number of ether oxygens (including phenoxy) is 1. The van der Waals surface area contributed by atoms with Crippen molar-refractivity contribution in [1.82, 2.24) is 5.32 Å². The van der Waals surface area contributed by atoms with Crippen molar-refractivity contribution in [1.29, 1.82) is 0 Å². The van der Waals surface area contributed by atoms with Gasteiger partial charge in [-0.1, -0.05) is 26.8 Å². The van der Waals surface area contributed by atoms with E-state index in [-0.39, 0.29) is 17.5 Å². The summed E-state index contributed by atoms with van der Waals surface area (Å²) in [5.41, 5.74) is 0.878. The molecule has 1 rings (SSSR count). The number of methoxy groups -OCH3 is 1. The second-order valence-corrected chi connectivity index (χ2v) is 6.21. The summed E-state index contributed by atoms with van der Waals surface area (Å²) >= 11 is 0. The van der Waals surface area contributed by atoms with Crippen molar-refractivity contribution < 1.29 is 19.0 Å². The summed E-state index contributed by atoms with van der Waals surface area (Å²) in [6.45, 7) is 6.60. The third-order valence-electron chi connectivity index (χ3n) is 3.52. The highest BCUT2D eigenvalue weighted by molar-refractivity contribution is 5.73. The summed E-state index contributed by atoms with van der Waals surface area (Å²) in [6.07, 6.45) is 1.28. The van der Waals surface area contributed by atoms with Gasteiger partial charge >= 0.3 is 5.97 Å². The lowest BCUT2D eigenvalue weighted by Gasteiger charge is -2.19. The minimum atomic E-state index is -0.823. The average Bonchev–Trinajstić information content (AvgIpc) is 2.43. The Balaban J connectivity index is 2.53. The van der Waals surface area contributed by atoms with E-state index in [1.54, 1.807) is 6.07 Å². The number of halogens is 1. The van der Waals surface area contributed by atoms with Crippen LogP contribution in [0.15, 0.2) is 18.2 Å². The van der Waals surface area contributed by atoms with Gasteiger partial charge in [-0.25, -0.2) is 4.39 Å². The van der Waals surface area contributed by atoms with Gasteiger partial charge < -0.3 is 15.2 Å². The van der Waals surface area contributed by atoms with E-state index in [0.29, 0.717) is 25.3 Å². The van der Waals surface area contributed by atoms with Crippen molar-refractivity contribution >= 4 is 5.97 Å². The number of carboxylic acid groups (broad SMARTS) is 1. The molecule has 0 spiro atoms. The van der Waals surface area contributed by atoms with Crippen LogP contribution < -0.4 is 10.1 Å². The average molecular weight is 311 g/mol. The summed E-state index contributed by atoms with van der Waals surface area (Å²) < 4.78 is 18.5. The van der Waals surface area contributed by atoms with Gasteiger partial charge in [0.05, 0.1) is 7.11 Å². The van der Waals surface area contributed by atoms with Crippen LogP contribution in [0.5, 0.6) is 5.75 Å². The van der Waals surface area contributed by atoms with E-state index in [9.17, 15) is 14.3 Å². The topological polar surface area (TPSA) is 58.6 Å². The second-order valence-electron chi connectivity index (χ2n) is 6.21. The number of benzene rings is 1. The summed E-state index contributed by atoms with van der Waals surface area (Å²) in [4.78, 5) is 11.2. The molecular weight excluding hydrogens is 285 g/mol. The minimum absolute atomic E-state index is 0.210. The zero-order chi connectivity index (χ0) is 16.7. The molecule has 0 bridgehead atoms. The standard InChI is InChI=1S/C17H26FNO3/c1-11(2)7-15(17(20)21)19-10-12(3)8-13-5-6-16(22-4)14(18)9-13/h5-6,9,11-12,15,19H,7-8,10H2,1-4H3,(H,20,21). The van der Waals surface area contributed by atoms with E-state index in [1.165, 1.54) is 13.2 Å². The number of rotatable bonds is 9. The van der Waals surface area contributed by atoms with Gasteiger partial charge in [-0.2, -0.15) is 0 Å². The number of carbonyl (C=O) groups is 1. The predicted octanol–water partition coefficient (Wildman–Crippen LogP) is 3.10. The van der Waals surface area contributed by atoms with Crippen LogP contribution in [0.3, 0.4) is 0 Å². The molecule has 2 unspecified atom stereocenters. The first-order valence-electron chi connectivity index (χ1n) is 7.62. The highest BCUT2D eigenvalue weighted by Crippen LogP contribution is 2.19. The largest absolute Gasteiger partial charge is 0.494 e. The van der Waals surface area contributed by atoms with Crippen molar-refractivity contribution in [2.45, 2.75) is 39.7 Å². The first-order valence-corrected chi connectivity index (χ1v) is 7.62. The van der Waals surface area contributed by atoms with E-state index in [4.69, 9.17) is 4.74 Å². The smallest absolute Gasteiger partial charge is 0.320 e. The molecule has 124 valence electrons. The molecule has 0 radical (unpaired) electrons. The minimum Gasteiger partial charge on any atom is -0.494 e. The second kappa shape index (κ2) is 8.73. The maximum atomic E-state index is 13.6. The fraction of sp³-hybridized carbons (Fsp3) is 0.588. The highest BCUT2D eigenvalue weighted by atomic mass is 19.1. The van der Waals surface area contributed by atoms with Gasteiger partial charge in [0.2, 0.25) is 0 Å². The molecule has 0 saturated heterocycles. The SMILES string of the molecule is COc1ccc(CC(C)CNC(CC(C)C)C(=O)O)cc1F. The molecule has 0 aliphatic rings. The molecule has 4 nitrogen and oxygen atoms in total. The van der Waals surface area contributed by atoms with Crippen molar-refractivity contribution in [3.05, 3.63) is 29.6 Å². The first kappa shape index (κ1) is 18.4. The molecule has 1 aromatic rings. The quantitative estimate of drug-likeness (QED) is 0.736. The first-order chi connectivity index (χ1) is 10.3. The number of nitrogens with one attached hydrogen (secondary N) is 1. The molecule has 22 heavy (non-hydrogen) atoms. The van der Waals surface area contributed by atoms with Gasteiger partial charge in [0.15, 0.2) is 11.6 Å². The molecule has 0 aliphatic heterocycles. The van der Waals surface area contributed by atoms with Gasteiger partial charge in [-0.05, 0) is 48.9 Å². The molecule has 1 aromatic carbocycles. The molecule has 0 aliphatic carbocycles. The van der Waals surface area contributed by atoms with E-state index >= 15 is 0 Å². The molecule has 0 aromatic heterocycles. The zero-order valence-corrected chi connectivity index (χ0v) is 13.7. The zero-order valence-electron chi connectivity index (χ0n) is 13.7. The Morgan fingerprint density at radius 1 is 1.36 bits per heavy atom. The number of aliphatic carboxylic acids is 1. The van der Waals surface area contributed by atoms with Crippen LogP contribution in [-0.4, -0.2) is 30.8 Å². The monoisotopic (exact) mass is 311 g/mol. The molecule has 0 fully saturated rings. The highest BCUT2D eigenvalue weighted by Gasteiger charge is 2.19. The predicted molar refractivity (Wildman–Crippen MR) is 84.7 cm³/mol. The lowest BCUT2D eigenvalue weighted by molar-refractivity contribution is -0.140. The number of hydrogen-bond donors (Lipinski definition) is 2. The summed E-state index contributed by atoms with van der Waals surface area (Å²) in [6, 6.07) is 4.39. The maximum Gasteiger partial charge on any atom is 0.320 e. The number of carboxylic acids is 1. The van der Waals surface area contributed by atoms with Crippen molar-refractivity contribution in [2.24, 2.45) is 11.8 Å². The normalized spacial score (nSPS) is 13.9.